The van der Waals surface area contributed by atoms with Crippen molar-refractivity contribution in [2.75, 3.05) is 12.1 Å². The van der Waals surface area contributed by atoms with Crippen molar-refractivity contribution in [2.24, 2.45) is 0 Å². The van der Waals surface area contributed by atoms with Crippen molar-refractivity contribution in [1.29, 1.82) is 0 Å². The van der Waals surface area contributed by atoms with E-state index in [1.807, 2.05) is 69.3 Å². The topological polar surface area (TPSA) is 98.8 Å². The second-order valence-electron chi connectivity index (χ2n) is 10.1. The first-order valence-electron chi connectivity index (χ1n) is 12.0. The van der Waals surface area contributed by atoms with Crippen LogP contribution >= 0.6 is 0 Å². The van der Waals surface area contributed by atoms with E-state index in [1.54, 1.807) is 12.3 Å². The SMILES string of the molecule is CC(C)(C)OC(=O)NCc1cccc(-c2ccc(NC(=O)C3(c4ccc5c(c4)OCO5)CC3)nc2)c1.[HH].[HH]. The first-order chi connectivity index (χ1) is 17.2. The molecule has 2 heterocycles. The molecular formula is C28H33N3O5. The zero-order valence-electron chi connectivity index (χ0n) is 20.6. The Labute approximate surface area is 213 Å². The second-order valence-corrected chi connectivity index (χ2v) is 10.1. The van der Waals surface area contributed by atoms with Gasteiger partial charge in [-0.2, -0.15) is 0 Å². The standard InChI is InChI=1S/C28H29N3O5.2H2/c1-27(2,3)36-26(33)30-15-18-5-4-6-19(13-18)20-7-10-24(29-16-20)31-25(32)28(11-12-28)21-8-9-22-23(14-21)35-17-34-22;;/h4-10,13-14,16H,11-12,15,17H2,1-3H3,(H,30,33)(H,29,31,32);2*1H. The zero-order chi connectivity index (χ0) is 25.3. The summed E-state index contributed by atoms with van der Waals surface area (Å²) in [6.07, 6.45) is 2.83. The Balaban J connectivity index is 0.00000200. The van der Waals surface area contributed by atoms with Crippen molar-refractivity contribution in [2.45, 2.75) is 51.2 Å². The molecule has 1 fully saturated rings. The van der Waals surface area contributed by atoms with Crippen molar-refractivity contribution in [3.8, 4) is 22.6 Å². The van der Waals surface area contributed by atoms with Gasteiger partial charge >= 0.3 is 6.09 Å². The lowest BCUT2D eigenvalue weighted by molar-refractivity contribution is -0.118. The van der Waals surface area contributed by atoms with Gasteiger partial charge in [0.25, 0.3) is 0 Å². The molecule has 2 amide bonds. The summed E-state index contributed by atoms with van der Waals surface area (Å²) in [6.45, 7) is 6.04. The molecule has 2 aliphatic rings. The highest BCUT2D eigenvalue weighted by atomic mass is 16.7. The molecule has 1 aromatic heterocycles. The Bertz CT molecular complexity index is 1300. The van der Waals surface area contributed by atoms with Gasteiger partial charge in [0.15, 0.2) is 11.5 Å². The number of carbonyl (C=O) groups is 2. The van der Waals surface area contributed by atoms with Gasteiger partial charge in [0, 0.05) is 21.2 Å². The van der Waals surface area contributed by atoms with E-state index < -0.39 is 17.1 Å². The third kappa shape index (κ3) is 5.12. The van der Waals surface area contributed by atoms with Crippen molar-refractivity contribution < 1.29 is 26.7 Å². The number of aromatic nitrogens is 1. The van der Waals surface area contributed by atoms with Crippen LogP contribution in [0.1, 0.15) is 47.6 Å². The maximum Gasteiger partial charge on any atom is 0.407 e. The molecule has 8 nitrogen and oxygen atoms in total. The number of benzene rings is 2. The molecule has 0 atom stereocenters. The minimum absolute atomic E-state index is 0. The normalized spacial score (nSPS) is 15.2. The first kappa shape index (κ1) is 23.7. The lowest BCUT2D eigenvalue weighted by Gasteiger charge is -2.19. The molecule has 36 heavy (non-hydrogen) atoms. The van der Waals surface area contributed by atoms with E-state index in [9.17, 15) is 9.59 Å². The van der Waals surface area contributed by atoms with Gasteiger partial charge in [-0.15, -0.1) is 0 Å². The number of carbonyl (C=O) groups excluding carboxylic acids is 2. The number of nitrogens with one attached hydrogen (secondary N) is 2. The molecule has 1 aliphatic carbocycles. The van der Waals surface area contributed by atoms with E-state index in [1.165, 1.54) is 0 Å². The number of alkyl carbamates (subject to hydrolysis) is 1. The molecule has 0 unspecified atom stereocenters. The van der Waals surface area contributed by atoms with E-state index in [2.05, 4.69) is 15.6 Å². The van der Waals surface area contributed by atoms with Crippen LogP contribution in [0.4, 0.5) is 10.6 Å². The Morgan fingerprint density at radius 2 is 1.83 bits per heavy atom. The molecule has 1 saturated carbocycles. The smallest absolute Gasteiger partial charge is 0.407 e. The van der Waals surface area contributed by atoms with E-state index in [0.29, 0.717) is 23.9 Å². The summed E-state index contributed by atoms with van der Waals surface area (Å²) in [6, 6.07) is 17.2. The van der Waals surface area contributed by atoms with Gasteiger partial charge < -0.3 is 24.8 Å². The van der Waals surface area contributed by atoms with Gasteiger partial charge in [0.05, 0.1) is 5.41 Å². The molecule has 190 valence electrons. The highest BCUT2D eigenvalue weighted by Crippen LogP contribution is 2.51. The number of hydrogen-bond donors (Lipinski definition) is 2. The monoisotopic (exact) mass is 491 g/mol. The van der Waals surface area contributed by atoms with E-state index in [0.717, 1.165) is 35.1 Å². The Morgan fingerprint density at radius 3 is 2.56 bits per heavy atom. The van der Waals surface area contributed by atoms with E-state index in [-0.39, 0.29) is 15.6 Å². The molecule has 2 N–H and O–H groups in total. The first-order valence-corrected chi connectivity index (χ1v) is 12.0. The number of anilines is 1. The van der Waals surface area contributed by atoms with E-state index in [4.69, 9.17) is 14.2 Å². The van der Waals surface area contributed by atoms with Crippen molar-refractivity contribution in [3.05, 3.63) is 71.9 Å². The highest BCUT2D eigenvalue weighted by molar-refractivity contribution is 6.01. The van der Waals surface area contributed by atoms with Crippen molar-refractivity contribution in [1.82, 2.24) is 10.3 Å². The largest absolute Gasteiger partial charge is 0.454 e. The van der Waals surface area contributed by atoms with Gasteiger partial charge in [-0.1, -0.05) is 24.3 Å². The van der Waals surface area contributed by atoms with Crippen LogP contribution in [-0.4, -0.2) is 29.4 Å². The van der Waals surface area contributed by atoms with Gasteiger partial charge in [0.2, 0.25) is 12.7 Å². The summed E-state index contributed by atoms with van der Waals surface area (Å²) < 4.78 is 16.1. The van der Waals surface area contributed by atoms with Crippen LogP contribution in [0.15, 0.2) is 60.8 Å². The highest BCUT2D eigenvalue weighted by Gasteiger charge is 2.51. The predicted molar refractivity (Wildman–Crippen MR) is 139 cm³/mol. The Hall–Kier alpha value is -4.07. The van der Waals surface area contributed by atoms with Crippen molar-refractivity contribution in [3.63, 3.8) is 0 Å². The molecule has 0 saturated heterocycles. The number of rotatable bonds is 6. The third-order valence-electron chi connectivity index (χ3n) is 6.21. The second kappa shape index (κ2) is 9.18. The summed E-state index contributed by atoms with van der Waals surface area (Å²) in [5.41, 5.74) is 2.63. The van der Waals surface area contributed by atoms with Crippen LogP contribution in [0.3, 0.4) is 0 Å². The van der Waals surface area contributed by atoms with Gasteiger partial charge in [-0.25, -0.2) is 9.78 Å². The Kier molecular flexibility index (Phi) is 6.04. The van der Waals surface area contributed by atoms with Crippen LogP contribution in [0.25, 0.3) is 11.1 Å². The van der Waals surface area contributed by atoms with Gasteiger partial charge in [-0.05, 0) is 80.6 Å². The van der Waals surface area contributed by atoms with Gasteiger partial charge in [0.1, 0.15) is 11.4 Å². The average Bonchev–Trinajstić information content (AvgIpc) is 3.53. The summed E-state index contributed by atoms with van der Waals surface area (Å²) in [4.78, 5) is 29.5. The third-order valence-corrected chi connectivity index (χ3v) is 6.21. The van der Waals surface area contributed by atoms with Crippen LogP contribution in [-0.2, 0) is 21.5 Å². The minimum atomic E-state index is -0.559. The van der Waals surface area contributed by atoms with Crippen LogP contribution in [0, 0.1) is 0 Å². The number of amides is 2. The number of pyridine rings is 1. The molecule has 0 bridgehead atoms. The fourth-order valence-electron chi connectivity index (χ4n) is 4.19. The summed E-state index contributed by atoms with van der Waals surface area (Å²) in [5.74, 6) is 1.81. The molecule has 3 aromatic rings. The minimum Gasteiger partial charge on any atom is -0.454 e. The number of ether oxygens (including phenoxy) is 3. The Morgan fingerprint density at radius 1 is 1.03 bits per heavy atom. The summed E-state index contributed by atoms with van der Waals surface area (Å²) in [7, 11) is 0. The molecule has 0 radical (unpaired) electrons. The van der Waals surface area contributed by atoms with E-state index >= 15 is 0 Å². The van der Waals surface area contributed by atoms with Crippen LogP contribution in [0.2, 0.25) is 0 Å². The fourth-order valence-corrected chi connectivity index (χ4v) is 4.19. The fraction of sp³-hybridized carbons (Fsp3) is 0.321. The number of hydrogen-bond acceptors (Lipinski definition) is 6. The molecule has 8 heteroatoms. The van der Waals surface area contributed by atoms with Crippen LogP contribution in [0.5, 0.6) is 11.5 Å². The lowest BCUT2D eigenvalue weighted by atomic mass is 9.94. The molecule has 5 rings (SSSR count). The van der Waals surface area contributed by atoms with Crippen LogP contribution < -0.4 is 20.1 Å². The summed E-state index contributed by atoms with van der Waals surface area (Å²) >= 11 is 0. The van der Waals surface area contributed by atoms with Gasteiger partial charge in [-0.3, -0.25) is 4.79 Å². The predicted octanol–water partition coefficient (Wildman–Crippen LogP) is 5.66. The molecule has 1 aliphatic heterocycles. The lowest BCUT2D eigenvalue weighted by Crippen LogP contribution is -2.32. The number of fused-ring (bicyclic) bond motifs is 1. The average molecular weight is 492 g/mol. The summed E-state index contributed by atoms with van der Waals surface area (Å²) in [5, 5.41) is 5.74. The maximum absolute atomic E-state index is 13.1. The maximum atomic E-state index is 13.1. The van der Waals surface area contributed by atoms with Crippen molar-refractivity contribution >= 4 is 17.8 Å². The molecule has 0 spiro atoms. The molecule has 2 aromatic carbocycles. The zero-order valence-corrected chi connectivity index (χ0v) is 20.6. The quantitative estimate of drug-likeness (QED) is 0.461. The molecular weight excluding hydrogens is 458 g/mol. The number of nitrogens with zero attached hydrogens (tertiary/aromatic N) is 1.